The number of hydrogen-bond acceptors (Lipinski definition) is 2. The lowest BCUT2D eigenvalue weighted by Crippen LogP contribution is -2.38. The molecule has 0 saturated heterocycles. The highest BCUT2D eigenvalue weighted by atomic mass is 16.2. The van der Waals surface area contributed by atoms with E-state index in [0.29, 0.717) is 11.6 Å². The van der Waals surface area contributed by atoms with Crippen LogP contribution in [0.25, 0.3) is 0 Å². The smallest absolute Gasteiger partial charge is 0.226 e. The highest BCUT2D eigenvalue weighted by molar-refractivity contribution is 6.04. The maximum Gasteiger partial charge on any atom is 0.226 e. The van der Waals surface area contributed by atoms with Crippen LogP contribution in [0.4, 0.5) is 0 Å². The molecule has 0 radical (unpaired) electrons. The van der Waals surface area contributed by atoms with Crippen LogP contribution in [-0.4, -0.2) is 17.7 Å². The number of ketones is 1. The van der Waals surface area contributed by atoms with E-state index in [0.717, 1.165) is 12.8 Å². The molecule has 1 aliphatic rings. The number of rotatable bonds is 5. The third-order valence-electron chi connectivity index (χ3n) is 3.96. The van der Waals surface area contributed by atoms with E-state index >= 15 is 0 Å². The Kier molecular flexibility index (Phi) is 5.73. The molecule has 1 N–H and O–H groups in total. The summed E-state index contributed by atoms with van der Waals surface area (Å²) in [5.41, 5.74) is 0.647. The molecule has 112 valence electrons. The molecule has 1 aromatic rings. The molecule has 2 rings (SSSR count). The van der Waals surface area contributed by atoms with Gasteiger partial charge in [-0.25, -0.2) is 0 Å². The highest BCUT2D eigenvalue weighted by Gasteiger charge is 2.18. The molecule has 3 heteroatoms. The van der Waals surface area contributed by atoms with Gasteiger partial charge in [-0.3, -0.25) is 9.59 Å². The van der Waals surface area contributed by atoms with Crippen molar-refractivity contribution in [1.82, 2.24) is 5.32 Å². The predicted molar refractivity (Wildman–Crippen MR) is 84.1 cm³/mol. The summed E-state index contributed by atoms with van der Waals surface area (Å²) in [5, 5.41) is 3.08. The molecule has 3 nitrogen and oxygen atoms in total. The van der Waals surface area contributed by atoms with Crippen LogP contribution < -0.4 is 5.32 Å². The Balaban J connectivity index is 1.85. The molecular weight excluding hydrogens is 262 g/mol. The van der Waals surface area contributed by atoms with Gasteiger partial charge >= 0.3 is 0 Å². The van der Waals surface area contributed by atoms with Crippen molar-refractivity contribution >= 4 is 11.7 Å². The van der Waals surface area contributed by atoms with Crippen molar-refractivity contribution in [2.75, 3.05) is 0 Å². The van der Waals surface area contributed by atoms with Gasteiger partial charge in [0.1, 0.15) is 0 Å². The minimum atomic E-state index is -0.278. The van der Waals surface area contributed by atoms with Crippen molar-refractivity contribution < 1.29 is 9.59 Å². The summed E-state index contributed by atoms with van der Waals surface area (Å²) in [6.07, 6.45) is 9.00. The van der Waals surface area contributed by atoms with Crippen LogP contribution in [0, 0.1) is 5.92 Å². The minimum absolute atomic E-state index is 0.0130. The van der Waals surface area contributed by atoms with Crippen LogP contribution in [0.15, 0.2) is 42.5 Å². The molecule has 0 bridgehead atoms. The fourth-order valence-corrected chi connectivity index (χ4v) is 2.60. The summed E-state index contributed by atoms with van der Waals surface area (Å²) in [4.78, 5) is 24.0. The maximum atomic E-state index is 12.1. The molecule has 21 heavy (non-hydrogen) atoms. The van der Waals surface area contributed by atoms with E-state index in [4.69, 9.17) is 0 Å². The molecule has 1 atom stereocenters. The average Bonchev–Trinajstić information content (AvgIpc) is 2.54. The largest absolute Gasteiger partial charge is 0.353 e. The fourth-order valence-electron chi connectivity index (χ4n) is 2.60. The van der Waals surface area contributed by atoms with Crippen LogP contribution in [0.2, 0.25) is 0 Å². The number of benzene rings is 1. The predicted octanol–water partition coefficient (Wildman–Crippen LogP) is 3.51. The van der Waals surface area contributed by atoms with Gasteiger partial charge in [0.15, 0.2) is 5.78 Å². The molecule has 1 aliphatic carbocycles. The van der Waals surface area contributed by atoms with E-state index in [1.807, 2.05) is 25.1 Å². The number of carbonyl (C=O) groups excluding carboxylic acids is 2. The highest BCUT2D eigenvalue weighted by Crippen LogP contribution is 2.17. The molecule has 1 aromatic carbocycles. The summed E-state index contributed by atoms with van der Waals surface area (Å²) in [6.45, 7) is 1.83. The maximum absolute atomic E-state index is 12.1. The summed E-state index contributed by atoms with van der Waals surface area (Å²) in [6, 6.07) is 9.41. The normalized spacial score (nSPS) is 17.6. The molecule has 1 unspecified atom stereocenters. The average molecular weight is 285 g/mol. The standard InChI is InChI=1S/C18H23NO2/c1-14(18(21)19-16-10-6-3-7-11-16)12-13-17(20)15-8-4-2-5-9-15/h2,4-5,8-9,12-14,16H,3,6-7,10-11H2,1H3,(H,19,21). The SMILES string of the molecule is CC(C=CC(=O)c1ccccc1)C(=O)NC1CCCCC1. The Morgan fingerprint density at radius 1 is 1.14 bits per heavy atom. The zero-order valence-electron chi connectivity index (χ0n) is 12.5. The van der Waals surface area contributed by atoms with E-state index in [1.165, 1.54) is 25.3 Å². The molecule has 0 spiro atoms. The quantitative estimate of drug-likeness (QED) is 0.664. The summed E-state index contributed by atoms with van der Waals surface area (Å²) in [7, 11) is 0. The van der Waals surface area contributed by atoms with Gasteiger partial charge in [0, 0.05) is 11.6 Å². The van der Waals surface area contributed by atoms with E-state index in [9.17, 15) is 9.59 Å². The third kappa shape index (κ3) is 4.85. The van der Waals surface area contributed by atoms with Crippen LogP contribution in [-0.2, 0) is 4.79 Å². The zero-order chi connectivity index (χ0) is 15.1. The zero-order valence-corrected chi connectivity index (χ0v) is 12.5. The molecule has 0 aliphatic heterocycles. The van der Waals surface area contributed by atoms with Crippen molar-refractivity contribution in [3.8, 4) is 0 Å². The fraction of sp³-hybridized carbons (Fsp3) is 0.444. The minimum Gasteiger partial charge on any atom is -0.353 e. The molecule has 0 aromatic heterocycles. The van der Waals surface area contributed by atoms with Crippen molar-refractivity contribution in [2.45, 2.75) is 45.1 Å². The summed E-state index contributed by atoms with van der Waals surface area (Å²) >= 11 is 0. The molecule has 1 saturated carbocycles. The van der Waals surface area contributed by atoms with E-state index in [-0.39, 0.29) is 17.6 Å². The Labute approximate surface area is 126 Å². The van der Waals surface area contributed by atoms with Crippen LogP contribution in [0.1, 0.15) is 49.4 Å². The number of hydrogen-bond donors (Lipinski definition) is 1. The van der Waals surface area contributed by atoms with Crippen LogP contribution in [0.5, 0.6) is 0 Å². The first-order valence-corrected chi connectivity index (χ1v) is 7.75. The summed E-state index contributed by atoms with van der Waals surface area (Å²) in [5.74, 6) is -0.327. The molecule has 1 fully saturated rings. The van der Waals surface area contributed by atoms with Crippen LogP contribution >= 0.6 is 0 Å². The van der Waals surface area contributed by atoms with Gasteiger partial charge in [-0.05, 0) is 18.9 Å². The second-order valence-corrected chi connectivity index (χ2v) is 5.72. The number of amides is 1. The Morgan fingerprint density at radius 3 is 2.48 bits per heavy atom. The van der Waals surface area contributed by atoms with Crippen molar-refractivity contribution in [2.24, 2.45) is 5.92 Å². The third-order valence-corrected chi connectivity index (χ3v) is 3.96. The number of carbonyl (C=O) groups is 2. The monoisotopic (exact) mass is 285 g/mol. The molecule has 1 amide bonds. The van der Waals surface area contributed by atoms with Crippen molar-refractivity contribution in [3.63, 3.8) is 0 Å². The second-order valence-electron chi connectivity index (χ2n) is 5.72. The van der Waals surface area contributed by atoms with Gasteiger partial charge in [-0.2, -0.15) is 0 Å². The number of allylic oxidation sites excluding steroid dienone is 1. The Hall–Kier alpha value is -1.90. The van der Waals surface area contributed by atoms with Crippen molar-refractivity contribution in [3.05, 3.63) is 48.0 Å². The first-order chi connectivity index (χ1) is 10.2. The van der Waals surface area contributed by atoms with Gasteiger partial charge in [0.05, 0.1) is 5.92 Å². The van der Waals surface area contributed by atoms with Crippen LogP contribution in [0.3, 0.4) is 0 Å². The van der Waals surface area contributed by atoms with Crippen molar-refractivity contribution in [1.29, 1.82) is 0 Å². The summed E-state index contributed by atoms with van der Waals surface area (Å²) < 4.78 is 0. The molecule has 0 heterocycles. The van der Waals surface area contributed by atoms with Gasteiger partial charge in [0.25, 0.3) is 0 Å². The lowest BCUT2D eigenvalue weighted by molar-refractivity contribution is -0.124. The van der Waals surface area contributed by atoms with E-state index in [2.05, 4.69) is 5.32 Å². The topological polar surface area (TPSA) is 46.2 Å². The lowest BCUT2D eigenvalue weighted by Gasteiger charge is -2.23. The Bertz CT molecular complexity index is 501. The van der Waals surface area contributed by atoms with E-state index < -0.39 is 0 Å². The van der Waals surface area contributed by atoms with Gasteiger partial charge in [-0.15, -0.1) is 0 Å². The first-order valence-electron chi connectivity index (χ1n) is 7.75. The van der Waals surface area contributed by atoms with Gasteiger partial charge in [-0.1, -0.05) is 62.6 Å². The molecular formula is C18H23NO2. The second kappa shape index (κ2) is 7.77. The van der Waals surface area contributed by atoms with E-state index in [1.54, 1.807) is 18.2 Å². The number of nitrogens with one attached hydrogen (secondary N) is 1. The van der Waals surface area contributed by atoms with Gasteiger partial charge < -0.3 is 5.32 Å². The first kappa shape index (κ1) is 15.5. The lowest BCUT2D eigenvalue weighted by atomic mass is 9.95. The Morgan fingerprint density at radius 2 is 1.81 bits per heavy atom. The van der Waals surface area contributed by atoms with Gasteiger partial charge in [0.2, 0.25) is 5.91 Å².